The molecule has 0 atom stereocenters. The third-order valence-corrected chi connectivity index (χ3v) is 6.72. The molecule has 2 fully saturated rings. The Kier molecular flexibility index (Phi) is 6.32. The number of hydrogen-bond acceptors (Lipinski definition) is 7. The van der Waals surface area contributed by atoms with Crippen LogP contribution in [0.5, 0.6) is 5.75 Å². The lowest BCUT2D eigenvalue weighted by Gasteiger charge is -2.32. The lowest BCUT2D eigenvalue weighted by Crippen LogP contribution is -2.51. The monoisotopic (exact) mass is 463 g/mol. The molecule has 0 aliphatic carbocycles. The maximum absolute atomic E-state index is 13.1. The van der Waals surface area contributed by atoms with Gasteiger partial charge in [0.15, 0.2) is 5.82 Å². The molecule has 5 rings (SSSR count). The van der Waals surface area contributed by atoms with E-state index in [1.165, 1.54) is 11.3 Å². The van der Waals surface area contributed by atoms with E-state index in [0.29, 0.717) is 32.0 Å². The van der Waals surface area contributed by atoms with Gasteiger partial charge in [-0.3, -0.25) is 14.5 Å². The van der Waals surface area contributed by atoms with Crippen LogP contribution in [0.1, 0.15) is 23.2 Å². The topological polar surface area (TPSA) is 87.7 Å². The van der Waals surface area contributed by atoms with Gasteiger partial charge in [-0.2, -0.15) is 16.4 Å². The number of aromatic nitrogens is 2. The molecule has 3 aromatic rings. The highest BCUT2D eigenvalue weighted by Crippen LogP contribution is 2.29. The second-order valence-corrected chi connectivity index (χ2v) is 9.01. The smallest absolute Gasteiger partial charge is 0.254 e. The highest BCUT2D eigenvalue weighted by atomic mass is 32.1. The van der Waals surface area contributed by atoms with Crippen molar-refractivity contribution in [3.63, 3.8) is 0 Å². The first-order chi connectivity index (χ1) is 16.2. The van der Waals surface area contributed by atoms with Crippen molar-refractivity contribution < 1.29 is 14.3 Å². The van der Waals surface area contributed by atoms with Crippen LogP contribution in [0, 0.1) is 5.92 Å². The maximum Gasteiger partial charge on any atom is 0.254 e. The summed E-state index contributed by atoms with van der Waals surface area (Å²) in [5.74, 6) is 1.29. The number of nitrogens with one attached hydrogen (secondary N) is 1. The van der Waals surface area contributed by atoms with Crippen molar-refractivity contribution in [1.82, 2.24) is 20.4 Å². The van der Waals surface area contributed by atoms with Gasteiger partial charge < -0.3 is 15.0 Å². The van der Waals surface area contributed by atoms with Gasteiger partial charge in [0.05, 0.1) is 17.2 Å². The molecule has 2 amide bonds. The SMILES string of the molecule is O=C(c1ccsc1)N1CCC(Oc2ccc(N(C(=O)C3CNC3)c3cccnn3)cc2)CC1. The molecule has 0 radical (unpaired) electrons. The molecule has 1 aromatic carbocycles. The Morgan fingerprint density at radius 3 is 2.48 bits per heavy atom. The number of likely N-dealkylation sites (tertiary alicyclic amines) is 1. The van der Waals surface area contributed by atoms with Gasteiger partial charge >= 0.3 is 0 Å². The van der Waals surface area contributed by atoms with Crippen LogP contribution >= 0.6 is 11.3 Å². The summed E-state index contributed by atoms with van der Waals surface area (Å²) >= 11 is 1.54. The summed E-state index contributed by atoms with van der Waals surface area (Å²) < 4.78 is 6.18. The van der Waals surface area contributed by atoms with E-state index in [-0.39, 0.29) is 23.8 Å². The number of nitrogens with zero attached hydrogens (tertiary/aromatic N) is 4. The number of ether oxygens (including phenoxy) is 1. The minimum atomic E-state index is -0.0649. The first-order valence-corrected chi connectivity index (χ1v) is 12.0. The standard InChI is InChI=1S/C24H25N5O3S/c30-23(17-9-13-33-16-17)28-11-7-21(8-12-28)32-20-5-3-19(4-6-20)29(22-2-1-10-26-27-22)24(31)18-14-25-15-18/h1-6,9-10,13,16,18,21,25H,7-8,11-12,14-15H2. The number of carbonyl (C=O) groups is 2. The average Bonchev–Trinajstić information content (AvgIpc) is 3.35. The van der Waals surface area contributed by atoms with Gasteiger partial charge in [-0.25, -0.2) is 0 Å². The Labute approximate surface area is 196 Å². The number of carbonyl (C=O) groups excluding carboxylic acids is 2. The number of piperidine rings is 1. The largest absolute Gasteiger partial charge is 0.490 e. The first kappa shape index (κ1) is 21.5. The summed E-state index contributed by atoms with van der Waals surface area (Å²) in [6.45, 7) is 2.71. The lowest BCUT2D eigenvalue weighted by atomic mass is 10.0. The van der Waals surface area contributed by atoms with Gasteiger partial charge in [0.1, 0.15) is 11.9 Å². The van der Waals surface area contributed by atoms with Crippen molar-refractivity contribution >= 4 is 34.7 Å². The minimum absolute atomic E-state index is 0.00517. The van der Waals surface area contributed by atoms with Gasteiger partial charge in [-0.15, -0.1) is 5.10 Å². The van der Waals surface area contributed by atoms with Gasteiger partial charge in [-0.1, -0.05) is 0 Å². The van der Waals surface area contributed by atoms with Crippen molar-refractivity contribution in [1.29, 1.82) is 0 Å². The van der Waals surface area contributed by atoms with Crippen LogP contribution < -0.4 is 15.0 Å². The number of amides is 2. The first-order valence-electron chi connectivity index (χ1n) is 11.1. The molecule has 9 heteroatoms. The number of benzene rings is 1. The van der Waals surface area contributed by atoms with Gasteiger partial charge in [-0.05, 0) is 47.8 Å². The molecule has 8 nitrogen and oxygen atoms in total. The molecule has 170 valence electrons. The van der Waals surface area contributed by atoms with Crippen molar-refractivity contribution in [2.75, 3.05) is 31.1 Å². The molecule has 2 aromatic heterocycles. The normalized spacial score (nSPS) is 16.8. The van der Waals surface area contributed by atoms with E-state index >= 15 is 0 Å². The Balaban J connectivity index is 1.23. The Morgan fingerprint density at radius 1 is 1.09 bits per heavy atom. The van der Waals surface area contributed by atoms with Gasteiger partial charge in [0.25, 0.3) is 5.91 Å². The summed E-state index contributed by atoms with van der Waals surface area (Å²) in [7, 11) is 0. The Morgan fingerprint density at radius 2 is 1.88 bits per heavy atom. The van der Waals surface area contributed by atoms with Crippen molar-refractivity contribution in [3.05, 3.63) is 65.0 Å². The van der Waals surface area contributed by atoms with Crippen LogP contribution in [0.4, 0.5) is 11.5 Å². The van der Waals surface area contributed by atoms with E-state index in [4.69, 9.17) is 4.74 Å². The van der Waals surface area contributed by atoms with Crippen molar-refractivity contribution in [3.8, 4) is 5.75 Å². The second-order valence-electron chi connectivity index (χ2n) is 8.23. The minimum Gasteiger partial charge on any atom is -0.490 e. The number of anilines is 2. The van der Waals surface area contributed by atoms with E-state index in [1.54, 1.807) is 23.2 Å². The fourth-order valence-electron chi connectivity index (χ4n) is 4.04. The van der Waals surface area contributed by atoms with E-state index in [0.717, 1.165) is 29.8 Å². The number of thiophene rings is 1. The quantitative estimate of drug-likeness (QED) is 0.605. The zero-order valence-electron chi connectivity index (χ0n) is 18.1. The lowest BCUT2D eigenvalue weighted by molar-refractivity contribution is -0.123. The van der Waals surface area contributed by atoms with E-state index in [1.807, 2.05) is 46.0 Å². The van der Waals surface area contributed by atoms with Crippen LogP contribution in [0.2, 0.25) is 0 Å². The number of rotatable bonds is 6. The summed E-state index contributed by atoms with van der Waals surface area (Å²) in [5.41, 5.74) is 1.49. The number of hydrogen-bond donors (Lipinski definition) is 1. The Bertz CT molecular complexity index is 1080. The van der Waals surface area contributed by atoms with Crippen LogP contribution in [-0.2, 0) is 4.79 Å². The molecule has 1 N–H and O–H groups in total. The third-order valence-electron chi connectivity index (χ3n) is 6.03. The van der Waals surface area contributed by atoms with E-state index in [2.05, 4.69) is 15.5 Å². The van der Waals surface area contributed by atoms with E-state index < -0.39 is 0 Å². The maximum atomic E-state index is 13.1. The molecule has 2 aliphatic rings. The van der Waals surface area contributed by atoms with Crippen LogP contribution in [0.25, 0.3) is 0 Å². The predicted molar refractivity (Wildman–Crippen MR) is 126 cm³/mol. The zero-order chi connectivity index (χ0) is 22.6. The summed E-state index contributed by atoms with van der Waals surface area (Å²) in [4.78, 5) is 29.1. The summed E-state index contributed by atoms with van der Waals surface area (Å²) in [6, 6.07) is 12.9. The Hall–Kier alpha value is -3.30. The average molecular weight is 464 g/mol. The fraction of sp³-hybridized carbons (Fsp3) is 0.333. The van der Waals surface area contributed by atoms with Crippen LogP contribution in [-0.4, -0.2) is 59.2 Å². The molecule has 0 saturated carbocycles. The van der Waals surface area contributed by atoms with Crippen LogP contribution in [0.3, 0.4) is 0 Å². The molecule has 2 saturated heterocycles. The molecule has 0 bridgehead atoms. The second kappa shape index (κ2) is 9.68. The highest BCUT2D eigenvalue weighted by molar-refractivity contribution is 7.08. The van der Waals surface area contributed by atoms with Crippen molar-refractivity contribution in [2.45, 2.75) is 18.9 Å². The molecule has 33 heavy (non-hydrogen) atoms. The molecular weight excluding hydrogens is 438 g/mol. The molecular formula is C24H25N5O3S. The molecule has 0 unspecified atom stereocenters. The third kappa shape index (κ3) is 4.74. The molecule has 4 heterocycles. The van der Waals surface area contributed by atoms with Crippen molar-refractivity contribution in [2.24, 2.45) is 5.92 Å². The van der Waals surface area contributed by atoms with Crippen LogP contribution in [0.15, 0.2) is 59.4 Å². The predicted octanol–water partition coefficient (Wildman–Crippen LogP) is 3.11. The molecule has 2 aliphatic heterocycles. The zero-order valence-corrected chi connectivity index (χ0v) is 18.9. The highest BCUT2D eigenvalue weighted by Gasteiger charge is 2.32. The fourth-order valence-corrected chi connectivity index (χ4v) is 4.67. The van der Waals surface area contributed by atoms with Gasteiger partial charge in [0, 0.05) is 50.6 Å². The summed E-state index contributed by atoms with van der Waals surface area (Å²) in [6.07, 6.45) is 3.22. The summed E-state index contributed by atoms with van der Waals surface area (Å²) in [5, 5.41) is 15.0. The van der Waals surface area contributed by atoms with Gasteiger partial charge in [0.2, 0.25) is 5.91 Å². The van der Waals surface area contributed by atoms with E-state index in [9.17, 15) is 9.59 Å². The molecule has 0 spiro atoms.